The summed E-state index contributed by atoms with van der Waals surface area (Å²) in [5, 5.41) is 17.9. The maximum absolute atomic E-state index is 12.3. The van der Waals surface area contributed by atoms with E-state index in [1.165, 1.54) is 0 Å². The van der Waals surface area contributed by atoms with E-state index in [4.69, 9.17) is 9.47 Å². The molecule has 1 aromatic heterocycles. The topological polar surface area (TPSA) is 122 Å². The summed E-state index contributed by atoms with van der Waals surface area (Å²) in [7, 11) is 1.55. The van der Waals surface area contributed by atoms with Gasteiger partial charge in [-0.15, -0.1) is 0 Å². The van der Waals surface area contributed by atoms with Crippen LogP contribution in [0.4, 0.5) is 10.5 Å². The molecule has 3 amide bonds. The SMILES string of the molecule is COc1cccc(NC(=O)N[C@H]2C=C[C@H](CC(=O)NCc3ccccn3)O[C@@H]2CO)c1. The molecule has 9 heteroatoms. The van der Waals surface area contributed by atoms with Crippen molar-refractivity contribution in [2.45, 2.75) is 31.2 Å². The summed E-state index contributed by atoms with van der Waals surface area (Å²) >= 11 is 0. The largest absolute Gasteiger partial charge is 0.497 e. The van der Waals surface area contributed by atoms with Crippen LogP contribution in [0.15, 0.2) is 60.8 Å². The molecule has 2 heterocycles. The van der Waals surface area contributed by atoms with Crippen molar-refractivity contribution in [2.24, 2.45) is 0 Å². The molecular formula is C22H26N4O5. The van der Waals surface area contributed by atoms with Gasteiger partial charge < -0.3 is 30.5 Å². The lowest BCUT2D eigenvalue weighted by Gasteiger charge is -2.31. The molecule has 0 saturated carbocycles. The van der Waals surface area contributed by atoms with E-state index in [0.717, 1.165) is 5.69 Å². The fourth-order valence-corrected chi connectivity index (χ4v) is 3.10. The van der Waals surface area contributed by atoms with E-state index in [-0.39, 0.29) is 18.9 Å². The first kappa shape index (κ1) is 22.3. The number of benzene rings is 1. The smallest absolute Gasteiger partial charge is 0.319 e. The van der Waals surface area contributed by atoms with Crippen LogP contribution in [0, 0.1) is 0 Å². The first-order valence-corrected chi connectivity index (χ1v) is 9.90. The van der Waals surface area contributed by atoms with Crippen LogP contribution in [0.25, 0.3) is 0 Å². The normalized spacial score (nSPS) is 20.0. The predicted octanol–water partition coefficient (Wildman–Crippen LogP) is 1.60. The number of nitrogens with zero attached hydrogens (tertiary/aromatic N) is 1. The second kappa shape index (κ2) is 11.1. The molecule has 0 spiro atoms. The zero-order valence-electron chi connectivity index (χ0n) is 17.2. The van der Waals surface area contributed by atoms with Crippen molar-refractivity contribution in [2.75, 3.05) is 19.0 Å². The number of aliphatic hydroxyl groups excluding tert-OH is 1. The van der Waals surface area contributed by atoms with Crippen molar-refractivity contribution in [3.05, 3.63) is 66.5 Å². The van der Waals surface area contributed by atoms with E-state index >= 15 is 0 Å². The van der Waals surface area contributed by atoms with Gasteiger partial charge in [0.15, 0.2) is 0 Å². The third kappa shape index (κ3) is 6.80. The Labute approximate surface area is 180 Å². The molecule has 4 N–H and O–H groups in total. The standard InChI is InChI=1S/C22H26N4O5/c1-30-17-7-4-6-15(11-17)25-22(29)26-19-9-8-18(31-20(19)14-27)12-21(28)24-13-16-5-2-3-10-23-16/h2-11,18-20,27H,12-14H2,1H3,(H,24,28)(H2,25,26,29)/t18-,19+,20-/m1/s1. The Bertz CT molecular complexity index is 906. The predicted molar refractivity (Wildman–Crippen MR) is 115 cm³/mol. The van der Waals surface area contributed by atoms with Crippen LogP contribution in [-0.4, -0.2) is 54.0 Å². The lowest BCUT2D eigenvalue weighted by Crippen LogP contribution is -2.50. The number of rotatable bonds is 8. The summed E-state index contributed by atoms with van der Waals surface area (Å²) in [5.41, 5.74) is 1.33. The minimum absolute atomic E-state index is 0.0998. The van der Waals surface area contributed by atoms with Crippen LogP contribution in [0.1, 0.15) is 12.1 Å². The molecule has 164 valence electrons. The van der Waals surface area contributed by atoms with Gasteiger partial charge in [0.1, 0.15) is 11.9 Å². The Balaban J connectivity index is 1.49. The van der Waals surface area contributed by atoms with Crippen LogP contribution >= 0.6 is 0 Å². The lowest BCUT2D eigenvalue weighted by atomic mass is 10.0. The average Bonchev–Trinajstić information content (AvgIpc) is 2.79. The van der Waals surface area contributed by atoms with E-state index in [0.29, 0.717) is 18.0 Å². The summed E-state index contributed by atoms with van der Waals surface area (Å²) in [6.45, 7) is 0.0225. The monoisotopic (exact) mass is 426 g/mol. The van der Waals surface area contributed by atoms with Crippen LogP contribution in [0.3, 0.4) is 0 Å². The minimum Gasteiger partial charge on any atom is -0.497 e. The first-order chi connectivity index (χ1) is 15.1. The van der Waals surface area contributed by atoms with Gasteiger partial charge in [0, 0.05) is 18.0 Å². The Hall–Kier alpha value is -3.43. The molecule has 0 saturated heterocycles. The number of amides is 3. The maximum Gasteiger partial charge on any atom is 0.319 e. The fraction of sp³-hybridized carbons (Fsp3) is 0.318. The number of carbonyl (C=O) groups excluding carboxylic acids is 2. The van der Waals surface area contributed by atoms with Crippen LogP contribution < -0.4 is 20.7 Å². The highest BCUT2D eigenvalue weighted by molar-refractivity contribution is 5.89. The number of carbonyl (C=O) groups is 2. The summed E-state index contributed by atoms with van der Waals surface area (Å²) in [4.78, 5) is 28.7. The van der Waals surface area contributed by atoms with Gasteiger partial charge in [0.2, 0.25) is 5.91 Å². The van der Waals surface area contributed by atoms with Crippen molar-refractivity contribution in [1.82, 2.24) is 15.6 Å². The molecule has 3 atom stereocenters. The first-order valence-electron chi connectivity index (χ1n) is 9.90. The number of anilines is 1. The summed E-state index contributed by atoms with van der Waals surface area (Å²) < 4.78 is 10.9. The van der Waals surface area contributed by atoms with Gasteiger partial charge in [-0.3, -0.25) is 9.78 Å². The Morgan fingerprint density at radius 3 is 2.81 bits per heavy atom. The molecule has 2 aromatic rings. The molecule has 1 aliphatic heterocycles. The van der Waals surface area contributed by atoms with E-state index in [1.54, 1.807) is 49.7 Å². The lowest BCUT2D eigenvalue weighted by molar-refractivity contribution is -0.125. The number of nitrogens with one attached hydrogen (secondary N) is 3. The second-order valence-corrected chi connectivity index (χ2v) is 6.94. The number of ether oxygens (including phenoxy) is 2. The highest BCUT2D eigenvalue weighted by atomic mass is 16.5. The molecule has 0 fully saturated rings. The van der Waals surface area contributed by atoms with Gasteiger partial charge in [-0.1, -0.05) is 24.3 Å². The summed E-state index contributed by atoms with van der Waals surface area (Å²) in [6, 6.07) is 11.5. The maximum atomic E-state index is 12.3. The van der Waals surface area contributed by atoms with Crippen LogP contribution in [0.2, 0.25) is 0 Å². The highest BCUT2D eigenvalue weighted by Crippen LogP contribution is 2.18. The molecule has 1 aromatic carbocycles. The third-order valence-electron chi connectivity index (χ3n) is 4.67. The van der Waals surface area contributed by atoms with Gasteiger partial charge in [-0.05, 0) is 24.3 Å². The Morgan fingerprint density at radius 2 is 2.06 bits per heavy atom. The van der Waals surface area contributed by atoms with Gasteiger partial charge in [-0.2, -0.15) is 0 Å². The molecule has 0 unspecified atom stereocenters. The van der Waals surface area contributed by atoms with Crippen LogP contribution in [-0.2, 0) is 16.1 Å². The second-order valence-electron chi connectivity index (χ2n) is 6.94. The number of methoxy groups -OCH3 is 1. The molecule has 9 nitrogen and oxygen atoms in total. The van der Waals surface area contributed by atoms with E-state index in [1.807, 2.05) is 18.2 Å². The number of pyridine rings is 1. The zero-order chi connectivity index (χ0) is 22.1. The molecular weight excluding hydrogens is 400 g/mol. The van der Waals surface area contributed by atoms with Gasteiger partial charge in [-0.25, -0.2) is 4.79 Å². The van der Waals surface area contributed by atoms with Crippen molar-refractivity contribution in [3.63, 3.8) is 0 Å². The van der Waals surface area contributed by atoms with Gasteiger partial charge >= 0.3 is 6.03 Å². The number of aromatic nitrogens is 1. The zero-order valence-corrected chi connectivity index (χ0v) is 17.2. The average molecular weight is 426 g/mol. The molecule has 3 rings (SSSR count). The highest BCUT2D eigenvalue weighted by Gasteiger charge is 2.29. The number of hydrogen-bond donors (Lipinski definition) is 4. The van der Waals surface area contributed by atoms with Gasteiger partial charge in [0.05, 0.1) is 44.5 Å². The van der Waals surface area contributed by atoms with Crippen molar-refractivity contribution in [3.8, 4) is 5.75 Å². The quantitative estimate of drug-likeness (QED) is 0.476. The number of urea groups is 1. The van der Waals surface area contributed by atoms with E-state index in [2.05, 4.69) is 20.9 Å². The Kier molecular flexibility index (Phi) is 7.97. The number of aliphatic hydroxyl groups is 1. The fourth-order valence-electron chi connectivity index (χ4n) is 3.10. The molecule has 31 heavy (non-hydrogen) atoms. The molecule has 0 aliphatic carbocycles. The van der Waals surface area contributed by atoms with Crippen molar-refractivity contribution in [1.29, 1.82) is 0 Å². The third-order valence-corrected chi connectivity index (χ3v) is 4.67. The van der Waals surface area contributed by atoms with E-state index < -0.39 is 24.3 Å². The minimum atomic E-state index is -0.672. The van der Waals surface area contributed by atoms with Crippen LogP contribution in [0.5, 0.6) is 5.75 Å². The summed E-state index contributed by atoms with van der Waals surface area (Å²) in [5.74, 6) is 0.426. The van der Waals surface area contributed by atoms with E-state index in [9.17, 15) is 14.7 Å². The molecule has 0 bridgehead atoms. The Morgan fingerprint density at radius 1 is 1.19 bits per heavy atom. The molecule has 1 aliphatic rings. The molecule has 0 radical (unpaired) electrons. The van der Waals surface area contributed by atoms with Crippen molar-refractivity contribution < 1.29 is 24.2 Å². The summed E-state index contributed by atoms with van der Waals surface area (Å²) in [6.07, 6.45) is 4.03. The number of hydrogen-bond acceptors (Lipinski definition) is 6. The van der Waals surface area contributed by atoms with Gasteiger partial charge in [0.25, 0.3) is 0 Å². The van der Waals surface area contributed by atoms with Crippen molar-refractivity contribution >= 4 is 17.6 Å².